The number of amides is 7. The Kier molecular flexibility index (Phi) is 24.9. The fourth-order valence-corrected chi connectivity index (χ4v) is 10.4. The molecular weight excluding hydrogens is 1130 g/mol. The highest BCUT2D eigenvalue weighted by atomic mass is 16.4. The van der Waals surface area contributed by atoms with E-state index in [9.17, 15) is 33.9 Å². The van der Waals surface area contributed by atoms with E-state index >= 15 is 9.59 Å². The molecule has 0 spiro atoms. The van der Waals surface area contributed by atoms with Crippen LogP contribution in [0.2, 0.25) is 0 Å². The van der Waals surface area contributed by atoms with E-state index < -0.39 is 107 Å². The maximum Gasteiger partial charge on any atom is 0.326 e. The fraction of sp³-hybridized carbons (Fsp3) is 0.452. The van der Waals surface area contributed by atoms with Crippen LogP contribution in [-0.4, -0.2) is 141 Å². The van der Waals surface area contributed by atoms with E-state index in [1.165, 1.54) is 0 Å². The summed E-state index contributed by atoms with van der Waals surface area (Å²) in [5, 5.41) is 32.1. The lowest BCUT2D eigenvalue weighted by Crippen LogP contribution is -2.62. The van der Waals surface area contributed by atoms with Gasteiger partial charge in [-0.1, -0.05) is 103 Å². The van der Waals surface area contributed by atoms with Crippen LogP contribution in [0.5, 0.6) is 0 Å². The van der Waals surface area contributed by atoms with E-state index in [1.54, 1.807) is 39.4 Å². The van der Waals surface area contributed by atoms with Crippen LogP contribution >= 0.6 is 0 Å². The van der Waals surface area contributed by atoms with Gasteiger partial charge in [0.15, 0.2) is 11.9 Å². The third-order valence-corrected chi connectivity index (χ3v) is 15.4. The number of nitrogens with one attached hydrogen (secondary N) is 10. The van der Waals surface area contributed by atoms with Gasteiger partial charge in [-0.3, -0.25) is 43.5 Å². The van der Waals surface area contributed by atoms with Gasteiger partial charge in [-0.25, -0.2) is 4.79 Å². The van der Waals surface area contributed by atoms with E-state index in [-0.39, 0.29) is 82.3 Å². The summed E-state index contributed by atoms with van der Waals surface area (Å²) < 4.78 is 0. The Morgan fingerprint density at radius 2 is 0.852 bits per heavy atom. The van der Waals surface area contributed by atoms with Gasteiger partial charge in [0.25, 0.3) is 0 Å². The summed E-state index contributed by atoms with van der Waals surface area (Å²) in [4.78, 5) is 132. The lowest BCUT2D eigenvalue weighted by atomic mass is 9.95. The highest BCUT2D eigenvalue weighted by Gasteiger charge is 2.37. The number of aliphatic imine (C=N–C) groups is 2. The standard InChI is InChI=1S/C62H87N17O9/c1-7-35(6)52(59(86)77-49(28-37-31-71-44-20-12-9-17-40(37)44)55(82)73-46(22-14-24-68-61(64)65)54(81)74-47(60(87)88)23-15-25-69-62(66)67)79-57(84)50(29-38-32-72-45-21-13-10-18-41(38)45)76-58(85)51(34(4)5)78-56(83)48(26-33(2)3)75-53(80)42(63)27-36-30-70-43-19-11-8-16-39(36)43/h8-13,16-21,30-35,42,46-52,70-72H,7,14-15,22-29,63H2,1-6H3,(H,73,82)(H,74,81)(H,75,80)(H,76,85)(H,77,86)(H,78,83)(H,79,84)(H,87,88)(H4,64,65,68)(H4,66,67,69)/t35-,42-,46-,47-,48-,49-,50-,51-,52-/m0/s1. The SMILES string of the molecule is CC[C@H](C)[C@H](NC(=O)[C@H](Cc1c[nH]c2ccccc12)NC(=O)[C@@H](NC(=O)[C@H](CC(C)C)NC(=O)[C@@H](N)Cc1c[nH]c2ccccc12)C(C)C)C(=O)N[C@@H](Cc1c[nH]c2ccccc12)C(=O)N[C@@H](CCCN=C(N)N)C(=O)N[C@@H](CCCN=C(N)N)C(=O)O. The normalized spacial score (nSPS) is 14.5. The Bertz CT molecular complexity index is 3430. The first-order valence-corrected chi connectivity index (χ1v) is 29.8. The molecule has 21 N–H and O–H groups in total. The molecule has 0 aliphatic heterocycles. The number of para-hydroxylation sites is 3. The quantitative estimate of drug-likeness (QED) is 0.0156. The molecule has 3 aromatic heterocycles. The third-order valence-electron chi connectivity index (χ3n) is 15.4. The van der Waals surface area contributed by atoms with Crippen molar-refractivity contribution >= 4 is 91.9 Å². The number of hydrogen-bond acceptors (Lipinski definition) is 11. The highest BCUT2D eigenvalue weighted by Crippen LogP contribution is 2.23. The van der Waals surface area contributed by atoms with Crippen molar-refractivity contribution in [2.75, 3.05) is 13.1 Å². The van der Waals surface area contributed by atoms with Gasteiger partial charge in [0.05, 0.1) is 6.04 Å². The van der Waals surface area contributed by atoms with Crippen molar-refractivity contribution in [2.24, 2.45) is 56.4 Å². The molecule has 0 aliphatic carbocycles. The summed E-state index contributed by atoms with van der Waals surface area (Å²) in [6.45, 7) is 11.0. The molecule has 0 aliphatic rings. The highest BCUT2D eigenvalue weighted by molar-refractivity contribution is 5.99. The molecule has 0 saturated carbocycles. The number of hydrogen-bond donors (Lipinski definition) is 16. The Balaban J connectivity index is 1.26. The van der Waals surface area contributed by atoms with Crippen molar-refractivity contribution in [2.45, 2.75) is 148 Å². The summed E-state index contributed by atoms with van der Waals surface area (Å²) in [5.41, 5.74) is 33.0. The predicted molar refractivity (Wildman–Crippen MR) is 339 cm³/mol. The van der Waals surface area contributed by atoms with Crippen LogP contribution in [0.1, 0.15) is 96.8 Å². The average molecular weight is 1210 g/mol. The Morgan fingerprint density at radius 3 is 1.30 bits per heavy atom. The summed E-state index contributed by atoms with van der Waals surface area (Å²) >= 11 is 0. The Morgan fingerprint density at radius 1 is 0.477 bits per heavy atom. The van der Waals surface area contributed by atoms with Gasteiger partial charge in [-0.2, -0.15) is 0 Å². The second-order valence-electron chi connectivity index (χ2n) is 23.1. The molecule has 6 rings (SSSR count). The molecule has 3 aromatic carbocycles. The van der Waals surface area contributed by atoms with E-state index in [0.29, 0.717) is 17.5 Å². The molecular formula is C62H87N17O9. The van der Waals surface area contributed by atoms with Gasteiger partial charge < -0.3 is 85.9 Å². The summed E-state index contributed by atoms with van der Waals surface area (Å²) in [6.07, 6.45) is 6.03. The van der Waals surface area contributed by atoms with E-state index in [1.807, 2.05) is 93.6 Å². The van der Waals surface area contributed by atoms with Gasteiger partial charge >= 0.3 is 5.97 Å². The number of carboxylic acid groups (broad SMARTS) is 1. The largest absolute Gasteiger partial charge is 0.480 e. The van der Waals surface area contributed by atoms with Crippen molar-refractivity contribution in [3.63, 3.8) is 0 Å². The van der Waals surface area contributed by atoms with Crippen LogP contribution in [-0.2, 0) is 57.6 Å². The Labute approximate surface area is 511 Å². The van der Waals surface area contributed by atoms with Gasteiger partial charge in [0, 0.05) is 77.2 Å². The molecule has 9 atom stereocenters. The van der Waals surface area contributed by atoms with Crippen molar-refractivity contribution in [1.82, 2.24) is 52.2 Å². The minimum Gasteiger partial charge on any atom is -0.480 e. The first-order chi connectivity index (χ1) is 41.9. The van der Waals surface area contributed by atoms with Crippen molar-refractivity contribution in [3.8, 4) is 0 Å². The molecule has 0 fully saturated rings. The number of aromatic amines is 3. The molecule has 0 unspecified atom stereocenters. The zero-order chi connectivity index (χ0) is 64.2. The van der Waals surface area contributed by atoms with E-state index in [0.717, 1.165) is 38.3 Å². The Hall–Kier alpha value is -9.46. The van der Waals surface area contributed by atoms with Crippen molar-refractivity contribution < 1.29 is 43.5 Å². The molecule has 0 radical (unpaired) electrons. The molecule has 26 heteroatoms. The third kappa shape index (κ3) is 19.3. The first-order valence-electron chi connectivity index (χ1n) is 29.8. The van der Waals surface area contributed by atoms with Crippen LogP contribution in [0, 0.1) is 17.8 Å². The number of aliphatic carboxylic acids is 1. The monoisotopic (exact) mass is 1210 g/mol. The lowest BCUT2D eigenvalue weighted by Gasteiger charge is -2.30. The molecule has 6 aromatic rings. The maximum absolute atomic E-state index is 15.1. The van der Waals surface area contributed by atoms with Crippen LogP contribution in [0.15, 0.2) is 101 Å². The number of nitrogens with zero attached hydrogens (tertiary/aromatic N) is 2. The fourth-order valence-electron chi connectivity index (χ4n) is 10.4. The molecule has 88 heavy (non-hydrogen) atoms. The molecule has 7 amide bonds. The van der Waals surface area contributed by atoms with Crippen molar-refractivity contribution in [3.05, 3.63) is 108 Å². The summed E-state index contributed by atoms with van der Waals surface area (Å²) in [5.74, 6) is -8.00. The number of benzene rings is 3. The second kappa shape index (κ2) is 32.3. The number of guanidine groups is 2. The molecule has 26 nitrogen and oxygen atoms in total. The summed E-state index contributed by atoms with van der Waals surface area (Å²) in [7, 11) is 0. The van der Waals surface area contributed by atoms with Gasteiger partial charge in [-0.05, 0) is 91.2 Å². The minimum absolute atomic E-state index is 0.0556. The average Bonchev–Trinajstić information content (AvgIpc) is 3.64. The minimum atomic E-state index is -1.41. The van der Waals surface area contributed by atoms with E-state index in [4.69, 9.17) is 28.7 Å². The van der Waals surface area contributed by atoms with Crippen LogP contribution in [0.25, 0.3) is 32.7 Å². The number of carbonyl (C=O) groups excluding carboxylic acids is 7. The molecule has 474 valence electrons. The van der Waals surface area contributed by atoms with Crippen LogP contribution in [0.4, 0.5) is 0 Å². The molecule has 3 heterocycles. The smallest absolute Gasteiger partial charge is 0.326 e. The topological polar surface area (TPSA) is 443 Å². The zero-order valence-electron chi connectivity index (χ0n) is 50.8. The number of H-pyrrole nitrogens is 3. The van der Waals surface area contributed by atoms with Gasteiger partial charge in [0.2, 0.25) is 41.4 Å². The number of nitrogens with two attached hydrogens (primary N) is 5. The van der Waals surface area contributed by atoms with Crippen molar-refractivity contribution in [1.29, 1.82) is 0 Å². The second-order valence-corrected chi connectivity index (χ2v) is 23.1. The van der Waals surface area contributed by atoms with Gasteiger partial charge in [0.1, 0.15) is 42.3 Å². The zero-order valence-corrected chi connectivity index (χ0v) is 50.8. The molecule has 0 saturated heterocycles. The number of carboxylic acids is 1. The van der Waals surface area contributed by atoms with Crippen LogP contribution < -0.4 is 65.9 Å². The summed E-state index contributed by atoms with van der Waals surface area (Å²) in [6, 6.07) is 12.2. The molecule has 0 bridgehead atoms. The number of aromatic nitrogens is 3. The van der Waals surface area contributed by atoms with E-state index in [2.05, 4.69) is 62.2 Å². The predicted octanol–water partition coefficient (Wildman–Crippen LogP) is 1.82. The van der Waals surface area contributed by atoms with Crippen LogP contribution in [0.3, 0.4) is 0 Å². The lowest BCUT2D eigenvalue weighted by molar-refractivity contribution is -0.142. The number of carbonyl (C=O) groups is 8. The first kappa shape index (κ1) is 67.7. The number of fused-ring (bicyclic) bond motifs is 3. The maximum atomic E-state index is 15.1. The van der Waals surface area contributed by atoms with Gasteiger partial charge in [-0.15, -0.1) is 0 Å². The number of rotatable bonds is 34.